The molecule has 0 aliphatic carbocycles. The third-order valence-electron chi connectivity index (χ3n) is 6.94. The Morgan fingerprint density at radius 1 is 1.25 bits per heavy atom. The highest BCUT2D eigenvalue weighted by molar-refractivity contribution is 5.82. The van der Waals surface area contributed by atoms with Crippen LogP contribution in [-0.2, 0) is 4.74 Å². The van der Waals surface area contributed by atoms with Crippen molar-refractivity contribution in [2.45, 2.75) is 43.8 Å². The predicted molar refractivity (Wildman–Crippen MR) is 138 cm³/mol. The lowest BCUT2D eigenvalue weighted by atomic mass is 9.94. The van der Waals surface area contributed by atoms with Crippen LogP contribution in [0.15, 0.2) is 30.6 Å². The number of rotatable bonds is 5. The second-order valence-electron chi connectivity index (χ2n) is 9.54. The molecule has 15 heteroatoms. The predicted octanol–water partition coefficient (Wildman–Crippen LogP) is 0.581. The number of amides is 1. The number of nitrogen functional groups attached to an aromatic ring is 1. The molecule has 15 nitrogen and oxygen atoms in total. The Kier molecular flexibility index (Phi) is 7.76. The first-order valence-electron chi connectivity index (χ1n) is 12.6. The number of nitro benzene ring substituents is 1. The summed E-state index contributed by atoms with van der Waals surface area (Å²) in [6, 6.07) is 5.47. The monoisotopic (exact) mass is 553 g/mol. The van der Waals surface area contributed by atoms with Gasteiger partial charge in [-0.05, 0) is 30.7 Å². The van der Waals surface area contributed by atoms with Crippen LogP contribution in [0, 0.1) is 27.9 Å². The van der Waals surface area contributed by atoms with E-state index in [-0.39, 0.29) is 40.2 Å². The van der Waals surface area contributed by atoms with Gasteiger partial charge in [0.2, 0.25) is 5.82 Å². The number of hydrogen-bond acceptors (Lipinski definition) is 12. The van der Waals surface area contributed by atoms with E-state index in [1.165, 1.54) is 35.2 Å². The van der Waals surface area contributed by atoms with Crippen LogP contribution in [0.2, 0.25) is 0 Å². The van der Waals surface area contributed by atoms with E-state index in [4.69, 9.17) is 15.2 Å². The standard InChI is InChI=1S/C25H27N7O8/c26-22-19-23(31(13-27-19)24-21(35)20(34)17(12-33)40-24)29-18(28-22)6-1-3-14-7-9-30(10-8-14)25(36)39-16-5-2-4-15(11-16)32(37)38/h2,4-5,11,13-14,17,20-21,24,33-35H,3,7-10,12H2,(H2,26,28,29)/t17-,20?,21+,24-/m1/s1. The maximum absolute atomic E-state index is 12.5. The Hall–Kier alpha value is -4.36. The fraction of sp³-hybridized carbons (Fsp3) is 0.440. The minimum atomic E-state index is -1.31. The molecular formula is C25H27N7O8. The van der Waals surface area contributed by atoms with E-state index in [0.29, 0.717) is 32.4 Å². The molecule has 2 saturated heterocycles. The van der Waals surface area contributed by atoms with Gasteiger partial charge in [-0.1, -0.05) is 12.0 Å². The average molecular weight is 554 g/mol. The summed E-state index contributed by atoms with van der Waals surface area (Å²) in [5, 5.41) is 40.8. The molecule has 5 N–H and O–H groups in total. The second kappa shape index (κ2) is 11.4. The van der Waals surface area contributed by atoms with Crippen LogP contribution in [0.1, 0.15) is 31.3 Å². The molecule has 3 aromatic rings. The fourth-order valence-electron chi connectivity index (χ4n) is 4.71. The van der Waals surface area contributed by atoms with E-state index in [2.05, 4.69) is 26.8 Å². The van der Waals surface area contributed by atoms with Gasteiger partial charge in [-0.25, -0.2) is 19.7 Å². The number of aliphatic hydroxyl groups is 3. The number of piperidine rings is 1. The zero-order valence-corrected chi connectivity index (χ0v) is 21.2. The third-order valence-corrected chi connectivity index (χ3v) is 6.94. The number of likely N-dealkylation sites (tertiary alicyclic amines) is 1. The maximum Gasteiger partial charge on any atom is 0.415 e. The molecule has 5 rings (SSSR count). The number of carbonyl (C=O) groups is 1. The highest BCUT2D eigenvalue weighted by Crippen LogP contribution is 2.32. The van der Waals surface area contributed by atoms with E-state index >= 15 is 0 Å². The summed E-state index contributed by atoms with van der Waals surface area (Å²) in [4.78, 5) is 37.2. The van der Waals surface area contributed by atoms with Crippen molar-refractivity contribution in [1.29, 1.82) is 0 Å². The number of non-ortho nitro benzene ring substituents is 1. The van der Waals surface area contributed by atoms with E-state index < -0.39 is 42.2 Å². The number of nitro groups is 1. The van der Waals surface area contributed by atoms with Crippen LogP contribution in [0.3, 0.4) is 0 Å². The first-order chi connectivity index (χ1) is 19.2. The molecule has 0 radical (unpaired) electrons. The topological polar surface area (TPSA) is 212 Å². The molecule has 1 amide bonds. The maximum atomic E-state index is 12.5. The minimum absolute atomic E-state index is 0.0929. The number of benzene rings is 1. The van der Waals surface area contributed by atoms with Gasteiger partial charge < -0.3 is 35.4 Å². The van der Waals surface area contributed by atoms with E-state index in [1.807, 2.05) is 0 Å². The highest BCUT2D eigenvalue weighted by atomic mass is 16.6. The number of ether oxygens (including phenoxy) is 2. The van der Waals surface area contributed by atoms with E-state index in [9.17, 15) is 30.2 Å². The van der Waals surface area contributed by atoms with Crippen LogP contribution in [0.4, 0.5) is 16.3 Å². The molecule has 2 fully saturated rings. The van der Waals surface area contributed by atoms with Gasteiger partial charge in [-0.2, -0.15) is 0 Å². The minimum Gasteiger partial charge on any atom is -0.410 e. The number of aliphatic hydroxyl groups excluding tert-OH is 3. The number of hydrogen-bond donors (Lipinski definition) is 4. The SMILES string of the molecule is Nc1nc(C#CCC2CCN(C(=O)Oc3cccc([N+](=O)[O-])c3)CC2)nc2c1ncn2[C@@H]1O[C@H](CO)C(O)[C@@H]1O. The van der Waals surface area contributed by atoms with Gasteiger partial charge in [-0.15, -0.1) is 0 Å². The van der Waals surface area contributed by atoms with Crippen molar-refractivity contribution in [2.24, 2.45) is 5.92 Å². The number of anilines is 1. The molecule has 2 aliphatic heterocycles. The molecule has 0 spiro atoms. The molecule has 1 unspecified atom stereocenters. The zero-order valence-electron chi connectivity index (χ0n) is 21.2. The molecular weight excluding hydrogens is 526 g/mol. The van der Waals surface area contributed by atoms with Crippen molar-refractivity contribution < 1.29 is 34.5 Å². The van der Waals surface area contributed by atoms with Crippen LogP contribution in [0.5, 0.6) is 5.75 Å². The molecule has 0 bridgehead atoms. The van der Waals surface area contributed by atoms with Gasteiger partial charge in [0.05, 0.1) is 23.9 Å². The number of nitrogens with zero attached hydrogens (tertiary/aromatic N) is 6. The lowest BCUT2D eigenvalue weighted by Gasteiger charge is -2.30. The summed E-state index contributed by atoms with van der Waals surface area (Å²) in [5.41, 5.74) is 6.44. The number of aromatic nitrogens is 4. The lowest BCUT2D eigenvalue weighted by molar-refractivity contribution is -0.384. The van der Waals surface area contributed by atoms with Gasteiger partial charge in [0.1, 0.15) is 29.6 Å². The van der Waals surface area contributed by atoms with Crippen molar-refractivity contribution in [1.82, 2.24) is 24.4 Å². The first kappa shape index (κ1) is 27.2. The van der Waals surface area contributed by atoms with Gasteiger partial charge in [0.25, 0.3) is 5.69 Å². The summed E-state index contributed by atoms with van der Waals surface area (Å²) >= 11 is 0. The summed E-state index contributed by atoms with van der Waals surface area (Å²) in [6.45, 7) is 0.450. The molecule has 0 saturated carbocycles. The second-order valence-corrected chi connectivity index (χ2v) is 9.54. The molecule has 1 aromatic carbocycles. The number of nitrogens with two attached hydrogens (primary N) is 1. The number of fused-ring (bicyclic) bond motifs is 1. The number of imidazole rings is 1. The summed E-state index contributed by atoms with van der Waals surface area (Å²) in [5.74, 6) is 6.55. The summed E-state index contributed by atoms with van der Waals surface area (Å²) in [6.07, 6.45) is -1.85. The van der Waals surface area contributed by atoms with Crippen molar-refractivity contribution in [3.63, 3.8) is 0 Å². The molecule has 2 aromatic heterocycles. The first-order valence-corrected chi connectivity index (χ1v) is 12.6. The Labute approximate surface area is 227 Å². The highest BCUT2D eigenvalue weighted by Gasteiger charge is 2.44. The van der Waals surface area contributed by atoms with E-state index in [0.717, 1.165) is 0 Å². The van der Waals surface area contributed by atoms with Crippen molar-refractivity contribution in [3.05, 3.63) is 46.5 Å². The van der Waals surface area contributed by atoms with Gasteiger partial charge in [0.15, 0.2) is 17.7 Å². The molecule has 4 heterocycles. The Balaban J connectivity index is 1.19. The number of carbonyl (C=O) groups excluding carboxylic acids is 1. The van der Waals surface area contributed by atoms with Gasteiger partial charge >= 0.3 is 6.09 Å². The smallest absolute Gasteiger partial charge is 0.410 e. The Morgan fingerprint density at radius 2 is 2.02 bits per heavy atom. The fourth-order valence-corrected chi connectivity index (χ4v) is 4.71. The summed E-state index contributed by atoms with van der Waals surface area (Å²) in [7, 11) is 0. The Morgan fingerprint density at radius 3 is 2.73 bits per heavy atom. The van der Waals surface area contributed by atoms with Gasteiger partial charge in [0, 0.05) is 25.6 Å². The molecule has 2 aliphatic rings. The van der Waals surface area contributed by atoms with Crippen LogP contribution in [0.25, 0.3) is 11.2 Å². The normalized spacial score (nSPS) is 23.1. The Bertz CT molecular complexity index is 1480. The molecule has 40 heavy (non-hydrogen) atoms. The van der Waals surface area contributed by atoms with Crippen LogP contribution < -0.4 is 10.5 Å². The average Bonchev–Trinajstić information content (AvgIpc) is 3.49. The molecule has 210 valence electrons. The largest absolute Gasteiger partial charge is 0.415 e. The van der Waals surface area contributed by atoms with E-state index in [1.54, 1.807) is 4.90 Å². The summed E-state index contributed by atoms with van der Waals surface area (Å²) < 4.78 is 12.3. The quantitative estimate of drug-likeness (QED) is 0.194. The third kappa shape index (κ3) is 5.51. The lowest BCUT2D eigenvalue weighted by Crippen LogP contribution is -2.40. The molecule has 4 atom stereocenters. The van der Waals surface area contributed by atoms with Crippen LogP contribution in [-0.4, -0.2) is 88.8 Å². The zero-order chi connectivity index (χ0) is 28.4. The van der Waals surface area contributed by atoms with Gasteiger partial charge in [-0.3, -0.25) is 14.7 Å². The van der Waals surface area contributed by atoms with Crippen LogP contribution >= 0.6 is 0 Å². The van der Waals surface area contributed by atoms with Crippen molar-refractivity contribution in [2.75, 3.05) is 25.4 Å². The van der Waals surface area contributed by atoms with Crippen molar-refractivity contribution in [3.8, 4) is 17.6 Å². The van der Waals surface area contributed by atoms with Crippen molar-refractivity contribution >= 4 is 28.8 Å².